The molecule has 20 heavy (non-hydrogen) atoms. The van der Waals surface area contributed by atoms with Crippen LogP contribution in [-0.2, 0) is 4.74 Å². The molecule has 0 bridgehead atoms. The van der Waals surface area contributed by atoms with E-state index < -0.39 is 0 Å². The molecule has 1 amide bonds. The lowest BCUT2D eigenvalue weighted by Gasteiger charge is -2.23. The summed E-state index contributed by atoms with van der Waals surface area (Å²) in [6.45, 7) is 3.10. The van der Waals surface area contributed by atoms with E-state index in [0.29, 0.717) is 12.2 Å². The minimum Gasteiger partial charge on any atom is -0.384 e. The van der Waals surface area contributed by atoms with E-state index in [1.807, 2.05) is 13.0 Å². The normalized spacial score (nSPS) is 18.0. The van der Waals surface area contributed by atoms with Crippen molar-refractivity contribution in [2.24, 2.45) is 0 Å². The summed E-state index contributed by atoms with van der Waals surface area (Å²) in [5, 5.41) is 11.7. The molecule has 1 fully saturated rings. The van der Waals surface area contributed by atoms with Crippen molar-refractivity contribution in [1.82, 2.24) is 5.32 Å². The zero-order chi connectivity index (χ0) is 14.4. The molecule has 106 valence electrons. The Morgan fingerprint density at radius 2 is 2.40 bits per heavy atom. The molecule has 1 saturated heterocycles. The molecule has 0 aromatic heterocycles. The Balaban J connectivity index is 2.09. The second-order valence-corrected chi connectivity index (χ2v) is 4.88. The molecule has 4 heteroatoms. The summed E-state index contributed by atoms with van der Waals surface area (Å²) in [4.78, 5) is 12.2. The predicted molar refractivity (Wildman–Crippen MR) is 76.5 cm³/mol. The number of benzene rings is 1. The Morgan fingerprint density at radius 3 is 3.10 bits per heavy atom. The van der Waals surface area contributed by atoms with Crippen LogP contribution in [0, 0.1) is 18.8 Å². The van der Waals surface area contributed by atoms with Gasteiger partial charge in [0.15, 0.2) is 0 Å². The number of nitrogens with one attached hydrogen (secondary N) is 1. The Morgan fingerprint density at radius 1 is 1.55 bits per heavy atom. The van der Waals surface area contributed by atoms with E-state index >= 15 is 0 Å². The largest absolute Gasteiger partial charge is 0.384 e. The van der Waals surface area contributed by atoms with Gasteiger partial charge in [-0.3, -0.25) is 4.79 Å². The fourth-order valence-corrected chi connectivity index (χ4v) is 2.16. The highest BCUT2D eigenvalue weighted by Crippen LogP contribution is 2.12. The van der Waals surface area contributed by atoms with Gasteiger partial charge in [0.2, 0.25) is 0 Å². The zero-order valence-corrected chi connectivity index (χ0v) is 11.6. The third-order valence-corrected chi connectivity index (χ3v) is 3.30. The van der Waals surface area contributed by atoms with E-state index in [-0.39, 0.29) is 18.6 Å². The fourth-order valence-electron chi connectivity index (χ4n) is 2.16. The monoisotopic (exact) mass is 273 g/mol. The third kappa shape index (κ3) is 3.83. The molecular weight excluding hydrogens is 254 g/mol. The molecule has 0 radical (unpaired) electrons. The van der Waals surface area contributed by atoms with Crippen LogP contribution < -0.4 is 5.32 Å². The van der Waals surface area contributed by atoms with Crippen LogP contribution in [0.4, 0.5) is 0 Å². The van der Waals surface area contributed by atoms with E-state index in [1.54, 1.807) is 12.1 Å². The van der Waals surface area contributed by atoms with Crippen LogP contribution >= 0.6 is 0 Å². The minimum absolute atomic E-state index is 0.0875. The van der Waals surface area contributed by atoms with Crippen molar-refractivity contribution in [3.8, 4) is 11.8 Å². The Labute approximate surface area is 119 Å². The maximum atomic E-state index is 12.2. The Kier molecular flexibility index (Phi) is 5.16. The van der Waals surface area contributed by atoms with E-state index in [9.17, 15) is 4.79 Å². The molecule has 2 N–H and O–H groups in total. The summed E-state index contributed by atoms with van der Waals surface area (Å²) in [6, 6.07) is 5.51. The summed E-state index contributed by atoms with van der Waals surface area (Å²) >= 11 is 0. The number of aliphatic hydroxyl groups excluding tert-OH is 1. The topological polar surface area (TPSA) is 58.6 Å². The first-order chi connectivity index (χ1) is 9.70. The van der Waals surface area contributed by atoms with E-state index in [4.69, 9.17) is 9.84 Å². The van der Waals surface area contributed by atoms with E-state index in [0.717, 1.165) is 30.6 Å². The van der Waals surface area contributed by atoms with Crippen molar-refractivity contribution in [1.29, 1.82) is 0 Å². The summed E-state index contributed by atoms with van der Waals surface area (Å²) in [5.74, 6) is 5.36. The lowest BCUT2D eigenvalue weighted by Crippen LogP contribution is -2.40. The molecule has 1 heterocycles. The minimum atomic E-state index is -0.185. The average molecular weight is 273 g/mol. The second-order valence-electron chi connectivity index (χ2n) is 4.88. The molecule has 1 aromatic rings. The van der Waals surface area contributed by atoms with Crippen LogP contribution in [0.15, 0.2) is 18.2 Å². The maximum absolute atomic E-state index is 12.2. The van der Waals surface area contributed by atoms with Crippen LogP contribution in [0.1, 0.15) is 34.3 Å². The number of hydrogen-bond acceptors (Lipinski definition) is 3. The van der Waals surface area contributed by atoms with Gasteiger partial charge in [0.05, 0.1) is 12.6 Å². The van der Waals surface area contributed by atoms with Crippen molar-refractivity contribution < 1.29 is 14.6 Å². The number of aryl methyl sites for hydroxylation is 1. The molecule has 1 aliphatic rings. The van der Waals surface area contributed by atoms with Gasteiger partial charge in [-0.1, -0.05) is 17.9 Å². The van der Waals surface area contributed by atoms with Crippen molar-refractivity contribution in [3.05, 3.63) is 34.9 Å². The number of carbonyl (C=O) groups excluding carboxylic acids is 1. The Bertz CT molecular complexity index is 536. The van der Waals surface area contributed by atoms with Gasteiger partial charge in [-0.05, 0) is 37.5 Å². The van der Waals surface area contributed by atoms with E-state index in [2.05, 4.69) is 17.2 Å². The molecule has 1 aromatic carbocycles. The van der Waals surface area contributed by atoms with Crippen molar-refractivity contribution in [3.63, 3.8) is 0 Å². The first kappa shape index (κ1) is 14.6. The number of rotatable bonds is 2. The molecule has 1 aliphatic heterocycles. The fraction of sp³-hybridized carbons (Fsp3) is 0.438. The van der Waals surface area contributed by atoms with Crippen LogP contribution in [-0.4, -0.2) is 36.9 Å². The van der Waals surface area contributed by atoms with Gasteiger partial charge < -0.3 is 15.2 Å². The highest BCUT2D eigenvalue weighted by molar-refractivity contribution is 5.94. The average Bonchev–Trinajstić information content (AvgIpc) is 2.47. The second kappa shape index (κ2) is 7.09. The SMILES string of the molecule is Cc1ccc(C(=O)NC2CCCOC2)cc1C#CCO. The highest BCUT2D eigenvalue weighted by atomic mass is 16.5. The predicted octanol–water partition coefficient (Wildman–Crippen LogP) is 1.25. The van der Waals surface area contributed by atoms with Gasteiger partial charge >= 0.3 is 0 Å². The first-order valence-electron chi connectivity index (χ1n) is 6.79. The van der Waals surface area contributed by atoms with Crippen LogP contribution in [0.3, 0.4) is 0 Å². The summed E-state index contributed by atoms with van der Waals surface area (Å²) in [7, 11) is 0. The summed E-state index contributed by atoms with van der Waals surface area (Å²) in [6.07, 6.45) is 1.93. The first-order valence-corrected chi connectivity index (χ1v) is 6.79. The van der Waals surface area contributed by atoms with Crippen molar-refractivity contribution in [2.45, 2.75) is 25.8 Å². The molecular formula is C16H19NO3. The van der Waals surface area contributed by atoms with Crippen LogP contribution in [0.5, 0.6) is 0 Å². The standard InChI is InChI=1S/C16H19NO3/c1-12-6-7-14(10-13(12)4-2-8-18)16(19)17-15-5-3-9-20-11-15/h6-7,10,15,18H,3,5,8-9,11H2,1H3,(H,17,19). The van der Waals surface area contributed by atoms with Crippen molar-refractivity contribution >= 4 is 5.91 Å². The number of hydrogen-bond donors (Lipinski definition) is 2. The molecule has 0 spiro atoms. The molecule has 0 saturated carbocycles. The summed E-state index contributed by atoms with van der Waals surface area (Å²) < 4.78 is 5.35. The lowest BCUT2D eigenvalue weighted by molar-refractivity contribution is 0.0624. The lowest BCUT2D eigenvalue weighted by atomic mass is 10.0. The molecule has 1 unspecified atom stereocenters. The summed E-state index contributed by atoms with van der Waals surface area (Å²) in [5.41, 5.74) is 2.35. The molecule has 1 atom stereocenters. The number of carbonyl (C=O) groups is 1. The third-order valence-electron chi connectivity index (χ3n) is 3.30. The van der Waals surface area contributed by atoms with Gasteiger partial charge in [-0.2, -0.15) is 0 Å². The van der Waals surface area contributed by atoms with E-state index in [1.165, 1.54) is 0 Å². The molecule has 4 nitrogen and oxygen atoms in total. The molecule has 2 rings (SSSR count). The highest BCUT2D eigenvalue weighted by Gasteiger charge is 2.17. The number of amides is 1. The van der Waals surface area contributed by atoms with Crippen molar-refractivity contribution in [2.75, 3.05) is 19.8 Å². The van der Waals surface area contributed by atoms with Gasteiger partial charge in [-0.25, -0.2) is 0 Å². The van der Waals surface area contributed by atoms with Crippen LogP contribution in [0.2, 0.25) is 0 Å². The number of ether oxygens (including phenoxy) is 1. The van der Waals surface area contributed by atoms with Gasteiger partial charge in [0, 0.05) is 17.7 Å². The van der Waals surface area contributed by atoms with Crippen LogP contribution in [0.25, 0.3) is 0 Å². The Hall–Kier alpha value is -1.83. The quantitative estimate of drug-likeness (QED) is 0.797. The molecule has 0 aliphatic carbocycles. The van der Waals surface area contributed by atoms with Gasteiger partial charge in [0.1, 0.15) is 6.61 Å². The zero-order valence-electron chi connectivity index (χ0n) is 11.6. The smallest absolute Gasteiger partial charge is 0.251 e. The maximum Gasteiger partial charge on any atom is 0.251 e. The number of aliphatic hydroxyl groups is 1. The van der Waals surface area contributed by atoms with Gasteiger partial charge in [0.25, 0.3) is 5.91 Å². The van der Waals surface area contributed by atoms with Gasteiger partial charge in [-0.15, -0.1) is 0 Å².